The van der Waals surface area contributed by atoms with E-state index in [1.165, 1.54) is 12.1 Å². The molecule has 0 spiro atoms. The SMILES string of the molecule is Cc1cc(S(=O)(=O)NCCCC(N)=O)ccc1N. The van der Waals surface area contributed by atoms with Crippen LogP contribution in [0.25, 0.3) is 0 Å². The Morgan fingerprint density at radius 2 is 2.06 bits per heavy atom. The van der Waals surface area contributed by atoms with Gasteiger partial charge in [0.2, 0.25) is 15.9 Å². The molecule has 0 fully saturated rings. The number of carbonyl (C=O) groups excluding carboxylic acids is 1. The molecule has 5 N–H and O–H groups in total. The molecule has 0 saturated carbocycles. The van der Waals surface area contributed by atoms with Crippen LogP contribution in [-0.2, 0) is 14.8 Å². The molecule has 0 radical (unpaired) electrons. The number of sulfonamides is 1. The van der Waals surface area contributed by atoms with Crippen LogP contribution in [0, 0.1) is 6.92 Å². The van der Waals surface area contributed by atoms with Crippen LogP contribution in [-0.4, -0.2) is 20.9 Å². The van der Waals surface area contributed by atoms with Gasteiger partial charge in [0, 0.05) is 18.7 Å². The number of amides is 1. The summed E-state index contributed by atoms with van der Waals surface area (Å²) in [4.78, 5) is 10.7. The highest BCUT2D eigenvalue weighted by Crippen LogP contribution is 2.16. The summed E-state index contributed by atoms with van der Waals surface area (Å²) in [5.41, 5.74) is 11.8. The molecule has 0 bridgehead atoms. The minimum absolute atomic E-state index is 0.156. The van der Waals surface area contributed by atoms with Gasteiger partial charge in [-0.3, -0.25) is 4.79 Å². The summed E-state index contributed by atoms with van der Waals surface area (Å²) < 4.78 is 26.1. The van der Waals surface area contributed by atoms with Crippen LogP contribution in [0.2, 0.25) is 0 Å². The minimum atomic E-state index is -3.56. The van der Waals surface area contributed by atoms with E-state index in [0.717, 1.165) is 0 Å². The van der Waals surface area contributed by atoms with Gasteiger partial charge >= 0.3 is 0 Å². The Hall–Kier alpha value is -1.60. The molecular formula is C11H17N3O3S. The average Bonchev–Trinajstić information content (AvgIpc) is 2.28. The minimum Gasteiger partial charge on any atom is -0.399 e. The number of benzene rings is 1. The van der Waals surface area contributed by atoms with Crippen molar-refractivity contribution < 1.29 is 13.2 Å². The summed E-state index contributed by atoms with van der Waals surface area (Å²) in [5.74, 6) is -0.447. The number of nitrogen functional groups attached to an aromatic ring is 1. The second kappa shape index (κ2) is 5.83. The molecule has 0 heterocycles. The first-order valence-electron chi connectivity index (χ1n) is 5.47. The number of anilines is 1. The Labute approximate surface area is 106 Å². The van der Waals surface area contributed by atoms with E-state index in [1.807, 2.05) is 0 Å². The van der Waals surface area contributed by atoms with E-state index in [0.29, 0.717) is 17.7 Å². The van der Waals surface area contributed by atoms with Crippen LogP contribution in [0.15, 0.2) is 23.1 Å². The van der Waals surface area contributed by atoms with Gasteiger partial charge in [-0.1, -0.05) is 0 Å². The zero-order valence-electron chi connectivity index (χ0n) is 10.1. The first-order valence-corrected chi connectivity index (χ1v) is 6.95. The molecule has 0 atom stereocenters. The number of carbonyl (C=O) groups is 1. The lowest BCUT2D eigenvalue weighted by atomic mass is 10.2. The molecule has 1 rings (SSSR count). The van der Waals surface area contributed by atoms with E-state index in [-0.39, 0.29) is 17.9 Å². The number of hydrogen-bond acceptors (Lipinski definition) is 4. The Bertz CT molecular complexity index is 540. The molecule has 0 aliphatic heterocycles. The Balaban J connectivity index is 2.68. The third kappa shape index (κ3) is 4.01. The molecule has 7 heteroatoms. The van der Waals surface area contributed by atoms with Crippen molar-refractivity contribution >= 4 is 21.6 Å². The summed E-state index contributed by atoms with van der Waals surface area (Å²) in [6.07, 6.45) is 0.534. The number of nitrogens with one attached hydrogen (secondary N) is 1. The highest BCUT2D eigenvalue weighted by atomic mass is 32.2. The summed E-state index contributed by atoms with van der Waals surface area (Å²) in [6, 6.07) is 4.50. The van der Waals surface area contributed by atoms with Gasteiger partial charge in [-0.05, 0) is 37.1 Å². The first-order chi connectivity index (χ1) is 8.33. The lowest BCUT2D eigenvalue weighted by Crippen LogP contribution is -2.26. The molecule has 0 aliphatic rings. The largest absolute Gasteiger partial charge is 0.399 e. The third-order valence-corrected chi connectivity index (χ3v) is 3.90. The van der Waals surface area contributed by atoms with Crippen molar-refractivity contribution in [1.29, 1.82) is 0 Å². The standard InChI is InChI=1S/C11H17N3O3S/c1-8-7-9(4-5-10(8)12)18(16,17)14-6-2-3-11(13)15/h4-5,7,14H,2-3,6,12H2,1H3,(H2,13,15). The fraction of sp³-hybridized carbons (Fsp3) is 0.364. The quantitative estimate of drug-likeness (QED) is 0.503. The van der Waals surface area contributed by atoms with Crippen LogP contribution in [0.3, 0.4) is 0 Å². The number of rotatable bonds is 6. The van der Waals surface area contributed by atoms with Crippen LogP contribution >= 0.6 is 0 Å². The lowest BCUT2D eigenvalue weighted by molar-refractivity contribution is -0.118. The summed E-state index contributed by atoms with van der Waals surface area (Å²) in [6.45, 7) is 1.91. The second-order valence-electron chi connectivity index (χ2n) is 3.99. The van der Waals surface area contributed by atoms with E-state index in [4.69, 9.17) is 11.5 Å². The van der Waals surface area contributed by atoms with Crippen molar-refractivity contribution in [2.75, 3.05) is 12.3 Å². The zero-order valence-corrected chi connectivity index (χ0v) is 11.0. The third-order valence-electron chi connectivity index (χ3n) is 2.44. The van der Waals surface area contributed by atoms with Gasteiger partial charge < -0.3 is 11.5 Å². The maximum absolute atomic E-state index is 11.9. The van der Waals surface area contributed by atoms with Crippen LogP contribution < -0.4 is 16.2 Å². The van der Waals surface area contributed by atoms with Crippen molar-refractivity contribution in [2.45, 2.75) is 24.7 Å². The Kier molecular flexibility index (Phi) is 4.69. The predicted octanol–water partition coefficient (Wildman–Crippen LogP) is 0.121. The zero-order chi connectivity index (χ0) is 13.8. The highest BCUT2D eigenvalue weighted by Gasteiger charge is 2.13. The summed E-state index contributed by atoms with van der Waals surface area (Å²) >= 11 is 0. The Morgan fingerprint density at radius 3 is 2.61 bits per heavy atom. The second-order valence-corrected chi connectivity index (χ2v) is 5.75. The molecular weight excluding hydrogens is 254 g/mol. The maximum Gasteiger partial charge on any atom is 0.240 e. The van der Waals surface area contributed by atoms with E-state index in [1.54, 1.807) is 13.0 Å². The number of hydrogen-bond donors (Lipinski definition) is 3. The van der Waals surface area contributed by atoms with Gasteiger partial charge in [0.1, 0.15) is 0 Å². The number of nitrogens with two attached hydrogens (primary N) is 2. The van der Waals surface area contributed by atoms with Gasteiger partial charge in [-0.25, -0.2) is 13.1 Å². The van der Waals surface area contributed by atoms with Crippen molar-refractivity contribution in [3.05, 3.63) is 23.8 Å². The normalized spacial score (nSPS) is 11.4. The molecule has 1 aromatic rings. The molecule has 100 valence electrons. The monoisotopic (exact) mass is 271 g/mol. The molecule has 0 aliphatic carbocycles. The molecule has 0 saturated heterocycles. The first kappa shape index (κ1) is 14.5. The Morgan fingerprint density at radius 1 is 1.39 bits per heavy atom. The van der Waals surface area contributed by atoms with Crippen molar-refractivity contribution in [3.63, 3.8) is 0 Å². The topological polar surface area (TPSA) is 115 Å². The fourth-order valence-electron chi connectivity index (χ4n) is 1.37. The highest BCUT2D eigenvalue weighted by molar-refractivity contribution is 7.89. The number of aryl methyl sites for hydroxylation is 1. The van der Waals surface area contributed by atoms with Gasteiger partial charge in [0.25, 0.3) is 0 Å². The van der Waals surface area contributed by atoms with Crippen LogP contribution in [0.4, 0.5) is 5.69 Å². The van der Waals surface area contributed by atoms with Gasteiger partial charge in [-0.2, -0.15) is 0 Å². The predicted molar refractivity (Wildman–Crippen MR) is 69.2 cm³/mol. The lowest BCUT2D eigenvalue weighted by Gasteiger charge is -2.08. The van der Waals surface area contributed by atoms with Gasteiger partial charge in [0.15, 0.2) is 0 Å². The molecule has 0 aromatic heterocycles. The van der Waals surface area contributed by atoms with E-state index in [2.05, 4.69) is 4.72 Å². The van der Waals surface area contributed by atoms with Gasteiger partial charge in [-0.15, -0.1) is 0 Å². The van der Waals surface area contributed by atoms with Gasteiger partial charge in [0.05, 0.1) is 4.90 Å². The molecule has 18 heavy (non-hydrogen) atoms. The van der Waals surface area contributed by atoms with Crippen molar-refractivity contribution in [1.82, 2.24) is 4.72 Å². The van der Waals surface area contributed by atoms with Crippen molar-refractivity contribution in [3.8, 4) is 0 Å². The van der Waals surface area contributed by atoms with Crippen LogP contribution in [0.5, 0.6) is 0 Å². The fourth-order valence-corrected chi connectivity index (χ4v) is 2.53. The smallest absolute Gasteiger partial charge is 0.240 e. The summed E-state index contributed by atoms with van der Waals surface area (Å²) in [5, 5.41) is 0. The van der Waals surface area contributed by atoms with E-state index in [9.17, 15) is 13.2 Å². The molecule has 1 aromatic carbocycles. The van der Waals surface area contributed by atoms with E-state index < -0.39 is 15.9 Å². The average molecular weight is 271 g/mol. The van der Waals surface area contributed by atoms with Crippen molar-refractivity contribution in [2.24, 2.45) is 5.73 Å². The molecule has 0 unspecified atom stereocenters. The van der Waals surface area contributed by atoms with E-state index >= 15 is 0 Å². The molecule has 1 amide bonds. The summed E-state index contributed by atoms with van der Waals surface area (Å²) in [7, 11) is -3.56. The molecule has 6 nitrogen and oxygen atoms in total. The van der Waals surface area contributed by atoms with Crippen LogP contribution in [0.1, 0.15) is 18.4 Å². The number of primary amides is 1. The maximum atomic E-state index is 11.9.